The molecule has 0 aliphatic carbocycles. The van der Waals surface area contributed by atoms with Gasteiger partial charge in [-0.15, -0.1) is 0 Å². The number of carbonyl (C=O) groups is 3. The fraction of sp³-hybridized carbons (Fsp3) is 0.500. The summed E-state index contributed by atoms with van der Waals surface area (Å²) in [7, 11) is 0. The molecule has 0 radical (unpaired) electrons. The molecule has 7 heteroatoms. The van der Waals surface area contributed by atoms with Crippen molar-refractivity contribution >= 4 is 17.7 Å². The molecule has 3 amide bonds. The van der Waals surface area contributed by atoms with Crippen molar-refractivity contribution in [1.82, 2.24) is 10.2 Å². The van der Waals surface area contributed by atoms with Crippen molar-refractivity contribution in [2.24, 2.45) is 5.73 Å². The monoisotopic (exact) mass is 347 g/mol. The van der Waals surface area contributed by atoms with Gasteiger partial charge in [-0.2, -0.15) is 0 Å². The Morgan fingerprint density at radius 1 is 1.08 bits per heavy atom. The van der Waals surface area contributed by atoms with Crippen LogP contribution in [0, 0.1) is 0 Å². The van der Waals surface area contributed by atoms with Gasteiger partial charge in [0.2, 0.25) is 5.91 Å². The minimum absolute atomic E-state index is 0.0699. The summed E-state index contributed by atoms with van der Waals surface area (Å²) >= 11 is 0. The first kappa shape index (κ1) is 18.8. The Kier molecular flexibility index (Phi) is 7.25. The molecule has 2 rings (SSSR count). The molecule has 1 heterocycles. The van der Waals surface area contributed by atoms with Gasteiger partial charge in [-0.05, 0) is 25.0 Å². The van der Waals surface area contributed by atoms with Gasteiger partial charge in [-0.1, -0.05) is 25.0 Å². The van der Waals surface area contributed by atoms with E-state index in [0.29, 0.717) is 5.56 Å². The van der Waals surface area contributed by atoms with Crippen molar-refractivity contribution in [3.8, 4) is 5.75 Å². The van der Waals surface area contributed by atoms with E-state index in [1.807, 2.05) is 4.90 Å². The van der Waals surface area contributed by atoms with Crippen LogP contribution in [0.1, 0.15) is 42.5 Å². The second kappa shape index (κ2) is 9.66. The van der Waals surface area contributed by atoms with Crippen LogP contribution in [0.4, 0.5) is 0 Å². The molecule has 136 valence electrons. The number of hydrogen-bond donors (Lipinski definition) is 2. The molecule has 25 heavy (non-hydrogen) atoms. The van der Waals surface area contributed by atoms with Crippen molar-refractivity contribution in [3.63, 3.8) is 0 Å². The number of likely N-dealkylation sites (tertiary alicyclic amines) is 1. The predicted molar refractivity (Wildman–Crippen MR) is 93.1 cm³/mol. The molecule has 1 aromatic carbocycles. The van der Waals surface area contributed by atoms with Gasteiger partial charge in [0.05, 0.1) is 5.56 Å². The number of benzene rings is 1. The number of nitrogens with zero attached hydrogens (tertiary/aromatic N) is 1. The summed E-state index contributed by atoms with van der Waals surface area (Å²) in [6.45, 7) is 1.57. The molecule has 7 nitrogen and oxygen atoms in total. The Morgan fingerprint density at radius 3 is 2.44 bits per heavy atom. The van der Waals surface area contributed by atoms with Crippen LogP contribution in [0.25, 0.3) is 0 Å². The third-order valence-corrected chi connectivity index (χ3v) is 4.08. The molecule has 0 atom stereocenters. The van der Waals surface area contributed by atoms with E-state index in [2.05, 4.69) is 5.32 Å². The zero-order valence-electron chi connectivity index (χ0n) is 14.3. The second-order valence-corrected chi connectivity index (χ2v) is 6.05. The fourth-order valence-electron chi connectivity index (χ4n) is 2.79. The number of rotatable bonds is 7. The first-order valence-electron chi connectivity index (χ1n) is 8.64. The molecular formula is C18H25N3O4. The van der Waals surface area contributed by atoms with Gasteiger partial charge in [0.25, 0.3) is 11.8 Å². The molecule has 0 bridgehead atoms. The molecule has 1 saturated heterocycles. The highest BCUT2D eigenvalue weighted by molar-refractivity contribution is 5.97. The molecular weight excluding hydrogens is 322 g/mol. The van der Waals surface area contributed by atoms with E-state index < -0.39 is 5.91 Å². The molecule has 0 spiro atoms. The van der Waals surface area contributed by atoms with Crippen molar-refractivity contribution in [2.75, 3.05) is 26.2 Å². The lowest BCUT2D eigenvalue weighted by molar-refractivity contribution is -0.131. The summed E-state index contributed by atoms with van der Waals surface area (Å²) < 4.78 is 5.25. The maximum atomic E-state index is 12.3. The van der Waals surface area contributed by atoms with E-state index >= 15 is 0 Å². The second-order valence-electron chi connectivity index (χ2n) is 6.05. The maximum absolute atomic E-state index is 12.3. The topological polar surface area (TPSA) is 102 Å². The van der Waals surface area contributed by atoms with Gasteiger partial charge in [0.1, 0.15) is 5.75 Å². The zero-order chi connectivity index (χ0) is 18.1. The number of nitrogens with one attached hydrogen (secondary N) is 1. The highest BCUT2D eigenvalue weighted by atomic mass is 16.5. The zero-order valence-corrected chi connectivity index (χ0v) is 14.3. The Balaban J connectivity index is 1.83. The molecule has 3 N–H and O–H groups in total. The summed E-state index contributed by atoms with van der Waals surface area (Å²) in [5.74, 6) is -0.597. The van der Waals surface area contributed by atoms with Crippen LogP contribution in [0.3, 0.4) is 0 Å². The van der Waals surface area contributed by atoms with Crippen molar-refractivity contribution < 1.29 is 19.1 Å². The van der Waals surface area contributed by atoms with Crippen LogP contribution in [0.5, 0.6) is 5.75 Å². The third kappa shape index (κ3) is 6.10. The largest absolute Gasteiger partial charge is 0.483 e. The van der Waals surface area contributed by atoms with E-state index in [-0.39, 0.29) is 37.1 Å². The number of primary amides is 1. The van der Waals surface area contributed by atoms with Gasteiger partial charge < -0.3 is 20.7 Å². The highest BCUT2D eigenvalue weighted by Gasteiger charge is 2.16. The van der Waals surface area contributed by atoms with Gasteiger partial charge in [-0.3, -0.25) is 14.4 Å². The number of ether oxygens (including phenoxy) is 1. The Hall–Kier alpha value is -2.57. The first-order chi connectivity index (χ1) is 12.1. The quantitative estimate of drug-likeness (QED) is 0.770. The van der Waals surface area contributed by atoms with Gasteiger partial charge in [0.15, 0.2) is 6.61 Å². The minimum Gasteiger partial charge on any atom is -0.483 e. The van der Waals surface area contributed by atoms with Gasteiger partial charge in [-0.25, -0.2) is 0 Å². The SMILES string of the molecule is NC(=O)COc1ccccc1C(=O)NCCC(=O)N1CCCCCC1. The number of carbonyl (C=O) groups excluding carboxylic acids is 3. The van der Waals surface area contributed by atoms with E-state index in [0.717, 1.165) is 25.9 Å². The van der Waals surface area contributed by atoms with E-state index in [9.17, 15) is 14.4 Å². The van der Waals surface area contributed by atoms with E-state index in [1.165, 1.54) is 12.8 Å². The first-order valence-corrected chi connectivity index (χ1v) is 8.64. The molecule has 1 aliphatic heterocycles. The van der Waals surface area contributed by atoms with Gasteiger partial charge >= 0.3 is 0 Å². The smallest absolute Gasteiger partial charge is 0.255 e. The summed E-state index contributed by atoms with van der Waals surface area (Å²) in [5.41, 5.74) is 5.37. The fourth-order valence-corrected chi connectivity index (χ4v) is 2.79. The summed E-state index contributed by atoms with van der Waals surface area (Å²) in [6, 6.07) is 6.60. The highest BCUT2D eigenvalue weighted by Crippen LogP contribution is 2.17. The summed E-state index contributed by atoms with van der Waals surface area (Å²) in [5, 5.41) is 2.73. The lowest BCUT2D eigenvalue weighted by Gasteiger charge is -2.20. The van der Waals surface area contributed by atoms with Crippen molar-refractivity contribution in [1.29, 1.82) is 0 Å². The average molecular weight is 347 g/mol. The number of amides is 3. The lowest BCUT2D eigenvalue weighted by atomic mass is 10.2. The molecule has 1 fully saturated rings. The average Bonchev–Trinajstić information content (AvgIpc) is 2.89. The van der Waals surface area contributed by atoms with Crippen LogP contribution in [0.15, 0.2) is 24.3 Å². The van der Waals surface area contributed by atoms with Crippen molar-refractivity contribution in [2.45, 2.75) is 32.1 Å². The molecule has 0 unspecified atom stereocenters. The summed E-state index contributed by atoms with van der Waals surface area (Å²) in [4.78, 5) is 37.2. The molecule has 0 saturated carbocycles. The van der Waals surface area contributed by atoms with Crippen LogP contribution < -0.4 is 15.8 Å². The van der Waals surface area contributed by atoms with Crippen LogP contribution in [0.2, 0.25) is 0 Å². The van der Waals surface area contributed by atoms with Crippen molar-refractivity contribution in [3.05, 3.63) is 29.8 Å². The van der Waals surface area contributed by atoms with Crippen LogP contribution >= 0.6 is 0 Å². The van der Waals surface area contributed by atoms with Gasteiger partial charge in [0, 0.05) is 26.1 Å². The number of hydrogen-bond acceptors (Lipinski definition) is 4. The minimum atomic E-state index is -0.613. The number of para-hydroxylation sites is 1. The Labute approximate surface area is 147 Å². The third-order valence-electron chi connectivity index (χ3n) is 4.08. The summed E-state index contributed by atoms with van der Waals surface area (Å²) in [6.07, 6.45) is 4.70. The van der Waals surface area contributed by atoms with E-state index in [1.54, 1.807) is 24.3 Å². The van der Waals surface area contributed by atoms with Crippen LogP contribution in [-0.2, 0) is 9.59 Å². The Morgan fingerprint density at radius 2 is 1.76 bits per heavy atom. The standard InChI is InChI=1S/C18H25N3O4/c19-16(22)13-25-15-8-4-3-7-14(15)18(24)20-10-9-17(23)21-11-5-1-2-6-12-21/h3-4,7-8H,1-2,5-6,9-13H2,(H2,19,22)(H,20,24). The normalized spacial score (nSPS) is 14.5. The van der Waals surface area contributed by atoms with E-state index in [4.69, 9.17) is 10.5 Å². The Bertz CT molecular complexity index is 610. The maximum Gasteiger partial charge on any atom is 0.255 e. The lowest BCUT2D eigenvalue weighted by Crippen LogP contribution is -2.35. The molecule has 1 aromatic rings. The predicted octanol–water partition coefficient (Wildman–Crippen LogP) is 1.07. The molecule has 0 aromatic heterocycles. The van der Waals surface area contributed by atoms with Crippen LogP contribution in [-0.4, -0.2) is 48.9 Å². The molecule has 1 aliphatic rings. The number of nitrogens with two attached hydrogens (primary N) is 1.